The summed E-state index contributed by atoms with van der Waals surface area (Å²) in [5.41, 5.74) is 2.44. The van der Waals surface area contributed by atoms with Crippen LogP contribution in [0.2, 0.25) is 0 Å². The van der Waals surface area contributed by atoms with Crippen molar-refractivity contribution in [1.29, 1.82) is 0 Å². The molecule has 31 heavy (non-hydrogen) atoms. The minimum atomic E-state index is -3.71. The molecule has 1 aliphatic heterocycles. The number of likely N-dealkylation sites (N-methyl/N-ethyl adjacent to an activating group) is 1. The summed E-state index contributed by atoms with van der Waals surface area (Å²) in [5, 5.41) is 0. The normalized spacial score (nSPS) is 17.1. The van der Waals surface area contributed by atoms with Gasteiger partial charge < -0.3 is 14.5 Å². The Morgan fingerprint density at radius 2 is 1.77 bits per heavy atom. The van der Waals surface area contributed by atoms with Crippen molar-refractivity contribution in [3.63, 3.8) is 0 Å². The number of aryl methyl sites for hydroxylation is 2. The van der Waals surface area contributed by atoms with E-state index < -0.39 is 10.0 Å². The predicted molar refractivity (Wildman–Crippen MR) is 125 cm³/mol. The van der Waals surface area contributed by atoms with Gasteiger partial charge in [-0.3, -0.25) is 0 Å². The number of nitrogens with zero attached hydrogens (tertiary/aromatic N) is 2. The summed E-state index contributed by atoms with van der Waals surface area (Å²) in [4.78, 5) is 4.95. The maximum atomic E-state index is 13.4. The first-order chi connectivity index (χ1) is 14.7. The Hall–Kier alpha value is -1.93. The number of sulfonamides is 1. The van der Waals surface area contributed by atoms with E-state index in [4.69, 9.17) is 4.74 Å². The van der Waals surface area contributed by atoms with Crippen molar-refractivity contribution in [3.05, 3.63) is 59.2 Å². The second-order valence-corrected chi connectivity index (χ2v) is 10.3. The molecule has 0 saturated carbocycles. The van der Waals surface area contributed by atoms with Crippen molar-refractivity contribution in [2.45, 2.75) is 43.7 Å². The number of rotatable bonds is 8. The second kappa shape index (κ2) is 10.1. The number of likely N-dealkylation sites (tertiary alicyclic amines) is 1. The number of methoxy groups -OCH3 is 1. The molecule has 1 N–H and O–H groups in total. The van der Waals surface area contributed by atoms with Crippen molar-refractivity contribution < 1.29 is 13.2 Å². The molecule has 7 heteroatoms. The molecular weight excluding hydrogens is 410 g/mol. The van der Waals surface area contributed by atoms with E-state index in [1.54, 1.807) is 26.2 Å². The highest BCUT2D eigenvalue weighted by Crippen LogP contribution is 2.27. The molecule has 0 spiro atoms. The van der Waals surface area contributed by atoms with Crippen LogP contribution in [0.4, 0.5) is 0 Å². The van der Waals surface area contributed by atoms with Gasteiger partial charge in [0.2, 0.25) is 10.0 Å². The van der Waals surface area contributed by atoms with Crippen LogP contribution in [0.1, 0.15) is 35.6 Å². The van der Waals surface area contributed by atoms with Crippen LogP contribution in [0.3, 0.4) is 0 Å². The van der Waals surface area contributed by atoms with Gasteiger partial charge in [-0.05, 0) is 82.7 Å². The lowest BCUT2D eigenvalue weighted by Crippen LogP contribution is -2.45. The first-order valence-electron chi connectivity index (χ1n) is 10.8. The van der Waals surface area contributed by atoms with Crippen LogP contribution in [0.15, 0.2) is 47.4 Å². The Balaban J connectivity index is 1.86. The average molecular weight is 446 g/mol. The molecule has 2 aromatic carbocycles. The van der Waals surface area contributed by atoms with Gasteiger partial charge in [-0.1, -0.05) is 30.3 Å². The van der Waals surface area contributed by atoms with Crippen LogP contribution in [-0.4, -0.2) is 65.1 Å². The number of benzene rings is 2. The topological polar surface area (TPSA) is 61.9 Å². The second-order valence-electron chi connectivity index (χ2n) is 8.65. The van der Waals surface area contributed by atoms with Crippen molar-refractivity contribution in [1.82, 2.24) is 14.5 Å². The highest BCUT2D eigenvalue weighted by atomic mass is 32.2. The smallest absolute Gasteiger partial charge is 0.241 e. The van der Waals surface area contributed by atoms with Crippen molar-refractivity contribution in [2.24, 2.45) is 0 Å². The van der Waals surface area contributed by atoms with Gasteiger partial charge in [0.25, 0.3) is 0 Å². The van der Waals surface area contributed by atoms with Crippen LogP contribution < -0.4 is 9.46 Å². The fraction of sp³-hybridized carbons (Fsp3) is 0.500. The highest BCUT2D eigenvalue weighted by Gasteiger charge is 2.28. The van der Waals surface area contributed by atoms with E-state index in [2.05, 4.69) is 28.6 Å². The monoisotopic (exact) mass is 445 g/mol. The van der Waals surface area contributed by atoms with Gasteiger partial charge >= 0.3 is 0 Å². The van der Waals surface area contributed by atoms with E-state index in [9.17, 15) is 8.42 Å². The molecule has 1 fully saturated rings. The molecule has 1 atom stereocenters. The van der Waals surface area contributed by atoms with Crippen LogP contribution in [0, 0.1) is 13.8 Å². The predicted octanol–water partition coefficient (Wildman–Crippen LogP) is 3.36. The van der Waals surface area contributed by atoms with Crippen molar-refractivity contribution in [2.75, 3.05) is 40.8 Å². The Morgan fingerprint density at radius 1 is 1.13 bits per heavy atom. The van der Waals surface area contributed by atoms with Crippen LogP contribution in [0.5, 0.6) is 5.75 Å². The van der Waals surface area contributed by atoms with Crippen molar-refractivity contribution >= 4 is 10.0 Å². The van der Waals surface area contributed by atoms with E-state index in [0.717, 1.165) is 37.1 Å². The molecule has 0 bridgehead atoms. The van der Waals surface area contributed by atoms with Crippen LogP contribution in [-0.2, 0) is 10.0 Å². The molecule has 0 radical (unpaired) electrons. The number of ether oxygens (including phenoxy) is 1. The zero-order valence-electron chi connectivity index (χ0n) is 19.3. The minimum absolute atomic E-state index is 0.300. The number of piperidine rings is 1. The molecule has 2 aromatic rings. The molecule has 1 saturated heterocycles. The van der Waals surface area contributed by atoms with Gasteiger partial charge in [0.1, 0.15) is 5.75 Å². The van der Waals surface area contributed by atoms with Gasteiger partial charge in [0, 0.05) is 12.6 Å². The lowest BCUT2D eigenvalue weighted by Gasteiger charge is -2.37. The van der Waals surface area contributed by atoms with E-state index >= 15 is 0 Å². The van der Waals surface area contributed by atoms with Gasteiger partial charge in [-0.2, -0.15) is 0 Å². The molecule has 0 amide bonds. The summed E-state index contributed by atoms with van der Waals surface area (Å²) >= 11 is 0. The van der Waals surface area contributed by atoms with Gasteiger partial charge in [-0.25, -0.2) is 13.1 Å². The zero-order chi connectivity index (χ0) is 22.6. The molecule has 1 heterocycles. The van der Waals surface area contributed by atoms with Crippen LogP contribution >= 0.6 is 0 Å². The minimum Gasteiger partial charge on any atom is -0.496 e. The van der Waals surface area contributed by atoms with Crippen molar-refractivity contribution in [3.8, 4) is 5.75 Å². The Morgan fingerprint density at radius 3 is 2.39 bits per heavy atom. The SMILES string of the molecule is COc1cc(C)c(S(=O)(=O)N[C@H](CN(C)C2CCN(C)CC2)c2ccccc2)cc1C. The van der Waals surface area contributed by atoms with Gasteiger partial charge in [-0.15, -0.1) is 0 Å². The summed E-state index contributed by atoms with van der Waals surface area (Å²) in [6.45, 7) is 6.42. The third-order valence-corrected chi connectivity index (χ3v) is 7.88. The molecule has 0 aliphatic carbocycles. The number of hydrogen-bond donors (Lipinski definition) is 1. The number of hydrogen-bond acceptors (Lipinski definition) is 5. The lowest BCUT2D eigenvalue weighted by atomic mass is 10.0. The molecule has 170 valence electrons. The van der Waals surface area contributed by atoms with Gasteiger partial charge in [0.15, 0.2) is 0 Å². The maximum absolute atomic E-state index is 13.4. The molecule has 0 unspecified atom stereocenters. The summed E-state index contributed by atoms with van der Waals surface area (Å²) in [6, 6.07) is 13.4. The molecule has 0 aromatic heterocycles. The number of nitrogens with one attached hydrogen (secondary N) is 1. The zero-order valence-corrected chi connectivity index (χ0v) is 20.1. The average Bonchev–Trinajstić information content (AvgIpc) is 2.75. The summed E-state index contributed by atoms with van der Waals surface area (Å²) in [6.07, 6.45) is 2.19. The molecule has 3 rings (SSSR count). The first kappa shape index (κ1) is 23.7. The Kier molecular flexibility index (Phi) is 7.75. The van der Waals surface area contributed by atoms with E-state index in [0.29, 0.717) is 28.8 Å². The largest absolute Gasteiger partial charge is 0.496 e. The maximum Gasteiger partial charge on any atom is 0.241 e. The van der Waals surface area contributed by atoms with E-state index in [-0.39, 0.29) is 6.04 Å². The van der Waals surface area contributed by atoms with Crippen LogP contribution in [0.25, 0.3) is 0 Å². The van der Waals surface area contributed by atoms with E-state index in [1.807, 2.05) is 37.3 Å². The molecular formula is C24H35N3O3S. The summed E-state index contributed by atoms with van der Waals surface area (Å²) < 4.78 is 35.2. The summed E-state index contributed by atoms with van der Waals surface area (Å²) in [5.74, 6) is 0.693. The van der Waals surface area contributed by atoms with E-state index in [1.165, 1.54) is 0 Å². The fourth-order valence-corrected chi connectivity index (χ4v) is 5.82. The Labute approximate surface area is 187 Å². The highest BCUT2D eigenvalue weighted by molar-refractivity contribution is 7.89. The molecule has 6 nitrogen and oxygen atoms in total. The molecule has 1 aliphatic rings. The lowest BCUT2D eigenvalue weighted by molar-refractivity contribution is 0.137. The summed E-state index contributed by atoms with van der Waals surface area (Å²) in [7, 11) is 2.13. The first-order valence-corrected chi connectivity index (χ1v) is 12.3. The quantitative estimate of drug-likeness (QED) is 0.675. The standard InChI is InChI=1S/C24H35N3O3S/c1-18-16-24(19(2)15-23(18)30-5)31(28,29)25-22(20-9-7-6-8-10-20)17-27(4)21-11-13-26(3)14-12-21/h6-10,15-16,21-22,25H,11-14,17H2,1-5H3/t22-/m1/s1. The fourth-order valence-electron chi connectivity index (χ4n) is 4.29. The Bertz CT molecular complexity index is 971. The third-order valence-electron chi connectivity index (χ3n) is 6.26. The third kappa shape index (κ3) is 5.86. The van der Waals surface area contributed by atoms with Gasteiger partial charge in [0.05, 0.1) is 18.0 Å².